The summed E-state index contributed by atoms with van der Waals surface area (Å²) < 4.78 is 12.9. The Morgan fingerprint density at radius 3 is 2.76 bits per heavy atom. The molecule has 0 fully saturated rings. The SMILES string of the molecule is COc1ccc(/C=c2\sc3nc4cccc(C)c4n3c2=O)c(OC)c1. The van der Waals surface area contributed by atoms with Crippen LogP contribution in [0, 0.1) is 6.92 Å². The van der Waals surface area contributed by atoms with Crippen LogP contribution >= 0.6 is 11.3 Å². The summed E-state index contributed by atoms with van der Waals surface area (Å²) >= 11 is 1.38. The molecule has 0 saturated heterocycles. The summed E-state index contributed by atoms with van der Waals surface area (Å²) in [5.74, 6) is 1.37. The largest absolute Gasteiger partial charge is 0.497 e. The van der Waals surface area contributed by atoms with Crippen LogP contribution in [0.1, 0.15) is 11.1 Å². The Kier molecular flexibility index (Phi) is 3.69. The van der Waals surface area contributed by atoms with Crippen molar-refractivity contribution in [1.29, 1.82) is 0 Å². The third kappa shape index (κ3) is 2.46. The van der Waals surface area contributed by atoms with Crippen molar-refractivity contribution in [3.8, 4) is 11.5 Å². The predicted molar refractivity (Wildman–Crippen MR) is 99.9 cm³/mol. The number of methoxy groups -OCH3 is 2. The second kappa shape index (κ2) is 5.89. The highest BCUT2D eigenvalue weighted by Crippen LogP contribution is 2.25. The maximum Gasteiger partial charge on any atom is 0.274 e. The first-order valence-electron chi connectivity index (χ1n) is 7.76. The molecule has 0 N–H and O–H groups in total. The van der Waals surface area contributed by atoms with E-state index in [0.29, 0.717) is 21.0 Å². The maximum atomic E-state index is 12.9. The minimum atomic E-state index is -0.0605. The summed E-state index contributed by atoms with van der Waals surface area (Å²) in [7, 11) is 3.21. The topological polar surface area (TPSA) is 52.8 Å². The van der Waals surface area contributed by atoms with Gasteiger partial charge in [-0.25, -0.2) is 9.38 Å². The number of thiazole rings is 1. The fraction of sp³-hybridized carbons (Fsp3) is 0.158. The monoisotopic (exact) mass is 352 g/mol. The maximum absolute atomic E-state index is 12.9. The van der Waals surface area contributed by atoms with Gasteiger partial charge in [0.15, 0.2) is 4.96 Å². The Balaban J connectivity index is 1.98. The van der Waals surface area contributed by atoms with E-state index in [0.717, 1.165) is 22.2 Å². The van der Waals surface area contributed by atoms with Gasteiger partial charge < -0.3 is 9.47 Å². The van der Waals surface area contributed by atoms with Crippen molar-refractivity contribution in [2.45, 2.75) is 6.92 Å². The summed E-state index contributed by atoms with van der Waals surface area (Å²) in [6, 6.07) is 11.4. The summed E-state index contributed by atoms with van der Waals surface area (Å²) in [6.45, 7) is 1.99. The molecule has 6 heteroatoms. The Morgan fingerprint density at radius 2 is 2.00 bits per heavy atom. The van der Waals surface area contributed by atoms with Crippen LogP contribution in [0.15, 0.2) is 41.2 Å². The van der Waals surface area contributed by atoms with Gasteiger partial charge in [-0.3, -0.25) is 4.79 Å². The minimum Gasteiger partial charge on any atom is -0.497 e. The lowest BCUT2D eigenvalue weighted by molar-refractivity contribution is 0.393. The fourth-order valence-corrected chi connectivity index (χ4v) is 3.92. The molecule has 0 aliphatic rings. The molecule has 0 atom stereocenters. The second-order valence-corrected chi connectivity index (χ2v) is 6.71. The average molecular weight is 352 g/mol. The standard InChI is InChI=1S/C19H16N2O3S/c1-11-5-4-6-14-17(11)21-18(22)16(25-19(21)20-14)9-12-7-8-13(23-2)10-15(12)24-3/h4-10H,1-3H3/b16-9-. The van der Waals surface area contributed by atoms with E-state index in [1.807, 2.05) is 43.3 Å². The number of hydrogen-bond donors (Lipinski definition) is 0. The molecule has 0 bridgehead atoms. The summed E-state index contributed by atoms with van der Waals surface area (Å²) in [5, 5.41) is 0. The van der Waals surface area contributed by atoms with Gasteiger partial charge in [0.25, 0.3) is 5.56 Å². The molecule has 25 heavy (non-hydrogen) atoms. The first-order chi connectivity index (χ1) is 12.1. The molecule has 2 heterocycles. The van der Waals surface area contributed by atoms with Gasteiger partial charge in [-0.15, -0.1) is 0 Å². The van der Waals surface area contributed by atoms with Gasteiger partial charge >= 0.3 is 0 Å². The molecule has 0 saturated carbocycles. The molecule has 126 valence electrons. The normalized spacial score (nSPS) is 12.2. The summed E-state index contributed by atoms with van der Waals surface area (Å²) in [5.41, 5.74) is 3.52. The lowest BCUT2D eigenvalue weighted by Gasteiger charge is -2.06. The lowest BCUT2D eigenvalue weighted by atomic mass is 10.2. The van der Waals surface area contributed by atoms with E-state index in [1.165, 1.54) is 11.3 Å². The molecule has 0 unspecified atom stereocenters. The molecule has 4 aromatic rings. The molecule has 0 aliphatic carbocycles. The third-order valence-corrected chi connectivity index (χ3v) is 5.16. The van der Waals surface area contributed by atoms with Gasteiger partial charge in [0.2, 0.25) is 0 Å². The first-order valence-corrected chi connectivity index (χ1v) is 8.58. The van der Waals surface area contributed by atoms with E-state index >= 15 is 0 Å². The average Bonchev–Trinajstić information content (AvgIpc) is 3.13. The van der Waals surface area contributed by atoms with Gasteiger partial charge in [-0.1, -0.05) is 23.5 Å². The lowest BCUT2D eigenvalue weighted by Crippen LogP contribution is -2.23. The highest BCUT2D eigenvalue weighted by molar-refractivity contribution is 7.15. The van der Waals surface area contributed by atoms with E-state index in [2.05, 4.69) is 4.98 Å². The van der Waals surface area contributed by atoms with Gasteiger partial charge in [-0.2, -0.15) is 0 Å². The van der Waals surface area contributed by atoms with Crippen molar-refractivity contribution in [3.05, 3.63) is 62.4 Å². The van der Waals surface area contributed by atoms with E-state index < -0.39 is 0 Å². The predicted octanol–water partition coefficient (Wildman–Crippen LogP) is 2.78. The molecule has 2 aromatic carbocycles. The number of hydrogen-bond acceptors (Lipinski definition) is 5. The van der Waals surface area contributed by atoms with Crippen LogP contribution in [0.2, 0.25) is 0 Å². The van der Waals surface area contributed by atoms with E-state index in [-0.39, 0.29) is 5.56 Å². The molecule has 0 radical (unpaired) electrons. The molecule has 0 amide bonds. The molecule has 0 spiro atoms. The van der Waals surface area contributed by atoms with Gasteiger partial charge in [0, 0.05) is 11.6 Å². The number of aryl methyl sites for hydroxylation is 1. The molecular formula is C19H16N2O3S. The van der Waals surface area contributed by atoms with Crippen molar-refractivity contribution in [3.63, 3.8) is 0 Å². The Bertz CT molecular complexity index is 1210. The zero-order valence-corrected chi connectivity index (χ0v) is 14.9. The summed E-state index contributed by atoms with van der Waals surface area (Å²) in [4.78, 5) is 18.2. The Labute approximate surface area is 147 Å². The highest BCUT2D eigenvalue weighted by Gasteiger charge is 2.13. The van der Waals surface area contributed by atoms with Crippen LogP contribution in [-0.2, 0) is 0 Å². The van der Waals surface area contributed by atoms with Crippen molar-refractivity contribution in [1.82, 2.24) is 9.38 Å². The number of fused-ring (bicyclic) bond motifs is 3. The Hall–Kier alpha value is -2.86. The number of rotatable bonds is 3. The number of benzene rings is 2. The van der Waals surface area contributed by atoms with Crippen molar-refractivity contribution in [2.75, 3.05) is 14.2 Å². The van der Waals surface area contributed by atoms with Crippen molar-refractivity contribution in [2.24, 2.45) is 0 Å². The van der Waals surface area contributed by atoms with E-state index in [1.54, 1.807) is 24.7 Å². The van der Waals surface area contributed by atoms with Crippen LogP contribution in [0.5, 0.6) is 11.5 Å². The molecule has 0 aliphatic heterocycles. The first kappa shape index (κ1) is 15.7. The third-order valence-electron chi connectivity index (χ3n) is 4.19. The number of aromatic nitrogens is 2. The zero-order valence-electron chi connectivity index (χ0n) is 14.1. The minimum absolute atomic E-state index is 0.0605. The van der Waals surface area contributed by atoms with Crippen molar-refractivity contribution >= 4 is 33.4 Å². The van der Waals surface area contributed by atoms with Crippen LogP contribution in [0.4, 0.5) is 0 Å². The summed E-state index contributed by atoms with van der Waals surface area (Å²) in [6.07, 6.45) is 1.84. The smallest absolute Gasteiger partial charge is 0.274 e. The second-order valence-electron chi connectivity index (χ2n) is 5.70. The quantitative estimate of drug-likeness (QED) is 0.569. The zero-order chi connectivity index (χ0) is 17.6. The number of nitrogens with zero attached hydrogens (tertiary/aromatic N) is 2. The van der Waals surface area contributed by atoms with Gasteiger partial charge in [0.1, 0.15) is 11.5 Å². The van der Waals surface area contributed by atoms with Gasteiger partial charge in [-0.05, 0) is 36.8 Å². The molecular weight excluding hydrogens is 336 g/mol. The molecule has 2 aromatic heterocycles. The van der Waals surface area contributed by atoms with Crippen molar-refractivity contribution < 1.29 is 9.47 Å². The van der Waals surface area contributed by atoms with Crippen LogP contribution < -0.4 is 19.6 Å². The highest BCUT2D eigenvalue weighted by atomic mass is 32.1. The fourth-order valence-electron chi connectivity index (χ4n) is 2.95. The van der Waals surface area contributed by atoms with Gasteiger partial charge in [0.05, 0.1) is 29.8 Å². The number of imidazole rings is 1. The molecule has 4 rings (SSSR count). The van der Waals surface area contributed by atoms with Crippen LogP contribution in [-0.4, -0.2) is 23.6 Å². The van der Waals surface area contributed by atoms with Crippen LogP contribution in [0.25, 0.3) is 22.1 Å². The number of para-hydroxylation sites is 1. The molecule has 5 nitrogen and oxygen atoms in total. The Morgan fingerprint density at radius 1 is 1.16 bits per heavy atom. The number of ether oxygens (including phenoxy) is 2. The van der Waals surface area contributed by atoms with E-state index in [9.17, 15) is 4.79 Å². The van der Waals surface area contributed by atoms with Crippen LogP contribution in [0.3, 0.4) is 0 Å². The van der Waals surface area contributed by atoms with E-state index in [4.69, 9.17) is 9.47 Å².